The summed E-state index contributed by atoms with van der Waals surface area (Å²) in [5.74, 6) is -2.95. The van der Waals surface area contributed by atoms with E-state index in [9.17, 15) is 24.3 Å². The highest BCUT2D eigenvalue weighted by molar-refractivity contribution is 5.87. The molecule has 3 atom stereocenters. The third kappa shape index (κ3) is 5.56. The molecule has 1 saturated heterocycles. The molecule has 4 N–H and O–H groups in total. The molecule has 1 heterocycles. The minimum atomic E-state index is -1.29. The zero-order valence-corrected chi connectivity index (χ0v) is 13.5. The molecule has 1 fully saturated rings. The average Bonchev–Trinajstić information content (AvgIpc) is 2.56. The molecular weight excluding hydrogens is 318 g/mol. The van der Waals surface area contributed by atoms with Crippen LogP contribution in [0, 0.1) is 11.8 Å². The van der Waals surface area contributed by atoms with E-state index in [4.69, 9.17) is 5.11 Å². The van der Waals surface area contributed by atoms with Crippen molar-refractivity contribution in [2.75, 3.05) is 19.6 Å². The molecule has 0 bridgehead atoms. The van der Waals surface area contributed by atoms with Gasteiger partial charge in [0.25, 0.3) is 0 Å². The van der Waals surface area contributed by atoms with Crippen molar-refractivity contribution in [1.29, 1.82) is 0 Å². The van der Waals surface area contributed by atoms with E-state index in [0.29, 0.717) is 19.4 Å². The quantitative estimate of drug-likeness (QED) is 0.477. The first-order valence-electron chi connectivity index (χ1n) is 7.66. The summed E-state index contributed by atoms with van der Waals surface area (Å²) >= 11 is 0. The van der Waals surface area contributed by atoms with Gasteiger partial charge in [-0.25, -0.2) is 9.59 Å². The van der Waals surface area contributed by atoms with Gasteiger partial charge < -0.3 is 25.7 Å². The number of nitrogens with zero attached hydrogens (tertiary/aromatic N) is 1. The lowest BCUT2D eigenvalue weighted by atomic mass is 9.95. The number of amides is 3. The Hall–Kier alpha value is -2.58. The van der Waals surface area contributed by atoms with Gasteiger partial charge in [0.05, 0.1) is 5.92 Å². The molecule has 3 amide bonds. The van der Waals surface area contributed by atoms with E-state index >= 15 is 0 Å². The molecule has 134 valence electrons. The maximum Gasteiger partial charge on any atom is 0.405 e. The van der Waals surface area contributed by atoms with Crippen LogP contribution in [0.5, 0.6) is 0 Å². The predicted octanol–water partition coefficient (Wildman–Crippen LogP) is -0.116. The summed E-state index contributed by atoms with van der Waals surface area (Å²) in [6.07, 6.45) is 1.29. The van der Waals surface area contributed by atoms with Crippen LogP contribution >= 0.6 is 0 Å². The topological polar surface area (TPSA) is 136 Å². The first-order chi connectivity index (χ1) is 11.3. The van der Waals surface area contributed by atoms with Crippen LogP contribution in [-0.4, -0.2) is 64.7 Å². The van der Waals surface area contributed by atoms with Gasteiger partial charge >= 0.3 is 12.1 Å². The van der Waals surface area contributed by atoms with Crippen LogP contribution in [0.3, 0.4) is 0 Å². The van der Waals surface area contributed by atoms with Crippen molar-refractivity contribution < 1.29 is 29.4 Å². The third-order valence-electron chi connectivity index (χ3n) is 4.00. The molecule has 1 aliphatic heterocycles. The molecule has 24 heavy (non-hydrogen) atoms. The van der Waals surface area contributed by atoms with Crippen molar-refractivity contribution in [2.24, 2.45) is 11.8 Å². The van der Waals surface area contributed by atoms with Gasteiger partial charge in [0.15, 0.2) is 0 Å². The molecule has 9 nitrogen and oxygen atoms in total. The molecule has 0 saturated carbocycles. The van der Waals surface area contributed by atoms with Crippen LogP contribution in [-0.2, 0) is 14.4 Å². The van der Waals surface area contributed by atoms with Crippen molar-refractivity contribution in [1.82, 2.24) is 15.5 Å². The van der Waals surface area contributed by atoms with Gasteiger partial charge in [-0.15, -0.1) is 6.58 Å². The summed E-state index contributed by atoms with van der Waals surface area (Å²) in [5.41, 5.74) is 0. The number of likely N-dealkylation sites (tertiary alicyclic amines) is 1. The van der Waals surface area contributed by atoms with Gasteiger partial charge in [0.2, 0.25) is 11.8 Å². The maximum atomic E-state index is 12.3. The number of rotatable bonds is 7. The molecule has 1 aliphatic rings. The van der Waals surface area contributed by atoms with E-state index in [-0.39, 0.29) is 13.1 Å². The third-order valence-corrected chi connectivity index (χ3v) is 4.00. The minimum Gasteiger partial charge on any atom is -0.480 e. The molecule has 2 unspecified atom stereocenters. The zero-order chi connectivity index (χ0) is 18.3. The Morgan fingerprint density at radius 1 is 1.33 bits per heavy atom. The minimum absolute atomic E-state index is 0.140. The molecule has 0 spiro atoms. The Labute approximate surface area is 139 Å². The number of piperidine rings is 1. The van der Waals surface area contributed by atoms with Crippen LogP contribution in [0.1, 0.15) is 19.8 Å². The number of hydrogen-bond donors (Lipinski definition) is 4. The second kappa shape index (κ2) is 8.90. The summed E-state index contributed by atoms with van der Waals surface area (Å²) in [4.78, 5) is 47.3. The van der Waals surface area contributed by atoms with E-state index in [1.54, 1.807) is 6.92 Å². The second-order valence-corrected chi connectivity index (χ2v) is 5.76. The highest BCUT2D eigenvalue weighted by atomic mass is 16.4. The molecule has 0 aliphatic carbocycles. The number of carboxylic acids is 1. The lowest BCUT2D eigenvalue weighted by Crippen LogP contribution is -2.52. The Balaban J connectivity index is 2.64. The Morgan fingerprint density at radius 2 is 2.00 bits per heavy atom. The Bertz CT molecular complexity index is 521. The number of carbonyl (C=O) groups is 4. The number of aliphatic carboxylic acids is 1. The van der Waals surface area contributed by atoms with Gasteiger partial charge in [-0.1, -0.05) is 13.0 Å². The first kappa shape index (κ1) is 19.5. The number of hydrogen-bond acceptors (Lipinski definition) is 4. The van der Waals surface area contributed by atoms with E-state index in [1.807, 2.05) is 5.32 Å². The fourth-order valence-corrected chi connectivity index (χ4v) is 2.51. The van der Waals surface area contributed by atoms with E-state index < -0.39 is 41.8 Å². The van der Waals surface area contributed by atoms with Crippen LogP contribution in [0.4, 0.5) is 4.79 Å². The normalized spacial score (nSPS) is 19.7. The number of nitrogens with one attached hydrogen (secondary N) is 2. The summed E-state index contributed by atoms with van der Waals surface area (Å²) in [7, 11) is 0. The number of carbonyl (C=O) groups excluding carboxylic acids is 2. The van der Waals surface area contributed by atoms with Crippen LogP contribution in [0.2, 0.25) is 0 Å². The van der Waals surface area contributed by atoms with E-state index in [0.717, 1.165) is 0 Å². The fraction of sp³-hybridized carbons (Fsp3) is 0.600. The standard InChI is InChI=1S/C15H23N3O6/c1-3-9(2)12(14(21)22)17-13(20)10-5-4-6-18(8-10)11(19)7-16-15(23)24/h3,9-10,12,16H,1,4-8H2,2H3,(H,17,20)(H,21,22)(H,23,24)/t9?,10-,12?/m1/s1. The molecule has 0 aromatic rings. The number of carboxylic acid groups (broad SMARTS) is 2. The Morgan fingerprint density at radius 3 is 2.54 bits per heavy atom. The van der Waals surface area contributed by atoms with Gasteiger partial charge in [0.1, 0.15) is 12.6 Å². The summed E-state index contributed by atoms with van der Waals surface area (Å²) < 4.78 is 0. The zero-order valence-electron chi connectivity index (χ0n) is 13.5. The van der Waals surface area contributed by atoms with Crippen LogP contribution in [0.15, 0.2) is 12.7 Å². The van der Waals surface area contributed by atoms with Crippen molar-refractivity contribution in [3.63, 3.8) is 0 Å². The Kier molecular flexibility index (Phi) is 7.22. The smallest absolute Gasteiger partial charge is 0.405 e. The highest BCUT2D eigenvalue weighted by Gasteiger charge is 2.32. The lowest BCUT2D eigenvalue weighted by molar-refractivity contribution is -0.144. The SMILES string of the molecule is C=CC(C)C(NC(=O)[C@@H]1CCCN(C(=O)CNC(=O)O)C1)C(=O)O. The molecule has 9 heteroatoms. The van der Waals surface area contributed by atoms with E-state index in [1.165, 1.54) is 11.0 Å². The molecule has 0 aromatic carbocycles. The van der Waals surface area contributed by atoms with Crippen molar-refractivity contribution >= 4 is 23.9 Å². The summed E-state index contributed by atoms with van der Waals surface area (Å²) in [6.45, 7) is 5.40. The molecule has 0 radical (unpaired) electrons. The van der Waals surface area contributed by atoms with Gasteiger partial charge in [-0.3, -0.25) is 9.59 Å². The van der Waals surface area contributed by atoms with E-state index in [2.05, 4.69) is 11.9 Å². The van der Waals surface area contributed by atoms with Crippen LogP contribution in [0.25, 0.3) is 0 Å². The predicted molar refractivity (Wildman–Crippen MR) is 84.3 cm³/mol. The average molecular weight is 341 g/mol. The largest absolute Gasteiger partial charge is 0.480 e. The molecule has 1 rings (SSSR count). The lowest BCUT2D eigenvalue weighted by Gasteiger charge is -2.33. The van der Waals surface area contributed by atoms with Crippen molar-refractivity contribution in [3.05, 3.63) is 12.7 Å². The van der Waals surface area contributed by atoms with Gasteiger partial charge in [-0.2, -0.15) is 0 Å². The van der Waals surface area contributed by atoms with Crippen molar-refractivity contribution in [2.45, 2.75) is 25.8 Å². The summed E-state index contributed by atoms with van der Waals surface area (Å²) in [6, 6.07) is -1.07. The first-order valence-corrected chi connectivity index (χ1v) is 7.66. The monoisotopic (exact) mass is 341 g/mol. The van der Waals surface area contributed by atoms with Crippen LogP contribution < -0.4 is 10.6 Å². The highest BCUT2D eigenvalue weighted by Crippen LogP contribution is 2.17. The van der Waals surface area contributed by atoms with Gasteiger partial charge in [-0.05, 0) is 12.8 Å². The van der Waals surface area contributed by atoms with Crippen molar-refractivity contribution in [3.8, 4) is 0 Å². The van der Waals surface area contributed by atoms with Gasteiger partial charge in [0, 0.05) is 19.0 Å². The maximum absolute atomic E-state index is 12.3. The fourth-order valence-electron chi connectivity index (χ4n) is 2.51. The summed E-state index contributed by atoms with van der Waals surface area (Å²) in [5, 5.41) is 22.2. The molecular formula is C15H23N3O6. The molecule has 0 aromatic heterocycles. The second-order valence-electron chi connectivity index (χ2n) is 5.76.